The summed E-state index contributed by atoms with van der Waals surface area (Å²) in [6.07, 6.45) is 1.81. The Labute approximate surface area is 218 Å². The summed E-state index contributed by atoms with van der Waals surface area (Å²) < 4.78 is 12.2. The molecule has 6 nitrogen and oxygen atoms in total. The number of carbonyl (C=O) groups is 1. The van der Waals surface area contributed by atoms with Gasteiger partial charge in [0.05, 0.1) is 23.7 Å². The van der Waals surface area contributed by atoms with E-state index >= 15 is 0 Å². The Morgan fingerprint density at radius 1 is 1.03 bits per heavy atom. The van der Waals surface area contributed by atoms with Crippen molar-refractivity contribution in [3.05, 3.63) is 95.8 Å². The zero-order valence-electron chi connectivity index (χ0n) is 21.5. The molecule has 1 fully saturated rings. The van der Waals surface area contributed by atoms with E-state index < -0.39 is 0 Å². The van der Waals surface area contributed by atoms with E-state index in [-0.39, 0.29) is 18.6 Å². The van der Waals surface area contributed by atoms with E-state index in [1.807, 2.05) is 36.4 Å². The molecule has 0 aliphatic carbocycles. The molecule has 5 rings (SSSR count). The highest BCUT2D eigenvalue weighted by Crippen LogP contribution is 2.43. The molecule has 0 bridgehead atoms. The number of fused-ring (bicyclic) bond motifs is 1. The van der Waals surface area contributed by atoms with Gasteiger partial charge in [0.2, 0.25) is 0 Å². The number of hydrogen-bond acceptors (Lipinski definition) is 4. The first-order valence-electron chi connectivity index (χ1n) is 13.2. The van der Waals surface area contributed by atoms with Gasteiger partial charge < -0.3 is 19.8 Å². The Bertz CT molecular complexity index is 1270. The number of aromatic nitrogens is 2. The summed E-state index contributed by atoms with van der Waals surface area (Å²) in [4.78, 5) is 20.1. The lowest BCUT2D eigenvalue weighted by atomic mass is 9.76. The minimum absolute atomic E-state index is 0.0211. The number of nitrogens with zero attached hydrogens (tertiary/aromatic N) is 1. The van der Waals surface area contributed by atoms with Crippen molar-refractivity contribution in [1.82, 2.24) is 15.3 Å². The molecule has 0 radical (unpaired) electrons. The molecule has 2 N–H and O–H groups in total. The third kappa shape index (κ3) is 6.20. The SMILES string of the molecule is CC(C)[C@@H]1C[C@H](c2ccccc2)CO[C@H]1c1ccc(OCC(=O)NCCc2nc3ccccc3[nH]2)cc1. The van der Waals surface area contributed by atoms with E-state index in [4.69, 9.17) is 9.47 Å². The third-order valence-corrected chi connectivity index (χ3v) is 7.25. The number of H-pyrrole nitrogens is 1. The molecule has 1 amide bonds. The summed E-state index contributed by atoms with van der Waals surface area (Å²) in [6, 6.07) is 26.6. The monoisotopic (exact) mass is 497 g/mol. The Balaban J connectivity index is 1.10. The predicted molar refractivity (Wildman–Crippen MR) is 146 cm³/mol. The molecule has 1 saturated heterocycles. The Morgan fingerprint density at radius 3 is 2.54 bits per heavy atom. The van der Waals surface area contributed by atoms with Crippen LogP contribution in [0.5, 0.6) is 5.75 Å². The number of rotatable bonds is 9. The average molecular weight is 498 g/mol. The summed E-state index contributed by atoms with van der Waals surface area (Å²) in [5, 5.41) is 2.90. The van der Waals surface area contributed by atoms with Crippen LogP contribution in [-0.2, 0) is 16.0 Å². The van der Waals surface area contributed by atoms with Crippen molar-refractivity contribution < 1.29 is 14.3 Å². The highest BCUT2D eigenvalue weighted by Gasteiger charge is 2.34. The van der Waals surface area contributed by atoms with Gasteiger partial charge in [0.25, 0.3) is 5.91 Å². The van der Waals surface area contributed by atoms with Crippen molar-refractivity contribution in [3.63, 3.8) is 0 Å². The van der Waals surface area contributed by atoms with Crippen molar-refractivity contribution in [3.8, 4) is 5.75 Å². The fraction of sp³-hybridized carbons (Fsp3) is 0.355. The van der Waals surface area contributed by atoms with Crippen LogP contribution >= 0.6 is 0 Å². The van der Waals surface area contributed by atoms with Crippen LogP contribution in [0.15, 0.2) is 78.9 Å². The summed E-state index contributed by atoms with van der Waals surface area (Å²) in [6.45, 7) is 5.76. The number of amides is 1. The van der Waals surface area contributed by atoms with Crippen LogP contribution in [0, 0.1) is 11.8 Å². The number of para-hydroxylation sites is 2. The quantitative estimate of drug-likeness (QED) is 0.306. The van der Waals surface area contributed by atoms with Gasteiger partial charge in [0, 0.05) is 18.9 Å². The Morgan fingerprint density at radius 2 is 1.78 bits per heavy atom. The average Bonchev–Trinajstić information content (AvgIpc) is 3.35. The zero-order valence-corrected chi connectivity index (χ0v) is 21.5. The first-order valence-corrected chi connectivity index (χ1v) is 13.2. The van der Waals surface area contributed by atoms with Crippen LogP contribution in [0.4, 0.5) is 0 Å². The van der Waals surface area contributed by atoms with E-state index in [2.05, 4.69) is 71.6 Å². The number of nitrogens with one attached hydrogen (secondary N) is 2. The number of aromatic amines is 1. The lowest BCUT2D eigenvalue weighted by Crippen LogP contribution is -2.31. The predicted octanol–water partition coefficient (Wildman–Crippen LogP) is 5.82. The van der Waals surface area contributed by atoms with Gasteiger partial charge in [-0.15, -0.1) is 0 Å². The van der Waals surface area contributed by atoms with E-state index in [9.17, 15) is 4.79 Å². The second-order valence-corrected chi connectivity index (χ2v) is 10.2. The molecule has 2 heterocycles. The summed E-state index contributed by atoms with van der Waals surface area (Å²) in [7, 11) is 0. The Kier molecular flexibility index (Phi) is 7.85. The first kappa shape index (κ1) is 25.0. The molecule has 3 atom stereocenters. The van der Waals surface area contributed by atoms with Crippen molar-refractivity contribution >= 4 is 16.9 Å². The largest absolute Gasteiger partial charge is 0.484 e. The minimum Gasteiger partial charge on any atom is -0.484 e. The number of hydrogen-bond donors (Lipinski definition) is 2. The summed E-state index contributed by atoms with van der Waals surface area (Å²) in [5.41, 5.74) is 4.45. The van der Waals surface area contributed by atoms with Crippen LogP contribution in [0.3, 0.4) is 0 Å². The van der Waals surface area contributed by atoms with Crippen molar-refractivity contribution in [2.75, 3.05) is 19.8 Å². The van der Waals surface area contributed by atoms with Crippen LogP contribution in [-0.4, -0.2) is 35.6 Å². The van der Waals surface area contributed by atoms with E-state index in [1.165, 1.54) is 5.56 Å². The highest BCUT2D eigenvalue weighted by atomic mass is 16.5. The molecule has 4 aromatic rings. The summed E-state index contributed by atoms with van der Waals surface area (Å²) in [5.74, 6) is 2.76. The van der Waals surface area contributed by atoms with Crippen LogP contribution in [0.25, 0.3) is 11.0 Å². The zero-order chi connectivity index (χ0) is 25.6. The molecule has 37 heavy (non-hydrogen) atoms. The topological polar surface area (TPSA) is 76.2 Å². The van der Waals surface area contributed by atoms with Gasteiger partial charge in [-0.25, -0.2) is 4.98 Å². The highest BCUT2D eigenvalue weighted by molar-refractivity contribution is 5.77. The molecule has 3 aromatic carbocycles. The van der Waals surface area contributed by atoms with E-state index in [1.54, 1.807) is 0 Å². The maximum atomic E-state index is 12.3. The van der Waals surface area contributed by atoms with Gasteiger partial charge in [-0.3, -0.25) is 4.79 Å². The first-order chi connectivity index (χ1) is 18.1. The van der Waals surface area contributed by atoms with Gasteiger partial charge in [-0.1, -0.05) is 68.4 Å². The number of ether oxygens (including phenoxy) is 2. The van der Waals surface area contributed by atoms with Crippen molar-refractivity contribution in [1.29, 1.82) is 0 Å². The van der Waals surface area contributed by atoms with Crippen LogP contribution in [0.2, 0.25) is 0 Å². The fourth-order valence-electron chi connectivity index (χ4n) is 5.18. The molecular weight excluding hydrogens is 462 g/mol. The molecule has 0 spiro atoms. The van der Waals surface area contributed by atoms with Crippen molar-refractivity contribution in [2.45, 2.75) is 38.7 Å². The Hall–Kier alpha value is -3.64. The molecule has 1 aromatic heterocycles. The molecule has 0 saturated carbocycles. The smallest absolute Gasteiger partial charge is 0.257 e. The number of benzene rings is 3. The summed E-state index contributed by atoms with van der Waals surface area (Å²) >= 11 is 0. The van der Waals surface area contributed by atoms with E-state index in [0.717, 1.165) is 35.4 Å². The van der Waals surface area contributed by atoms with Gasteiger partial charge >= 0.3 is 0 Å². The van der Waals surface area contributed by atoms with Crippen LogP contribution < -0.4 is 10.1 Å². The number of imidazole rings is 1. The lowest BCUT2D eigenvalue weighted by molar-refractivity contribution is -0.123. The normalized spacial score (nSPS) is 19.7. The molecular formula is C31H35N3O3. The second-order valence-electron chi connectivity index (χ2n) is 10.2. The van der Waals surface area contributed by atoms with Gasteiger partial charge in [-0.05, 0) is 53.6 Å². The maximum absolute atomic E-state index is 12.3. The van der Waals surface area contributed by atoms with Crippen LogP contribution in [0.1, 0.15) is 49.2 Å². The molecule has 1 aliphatic heterocycles. The molecule has 0 unspecified atom stereocenters. The van der Waals surface area contributed by atoms with Gasteiger partial charge in [0.15, 0.2) is 6.61 Å². The van der Waals surface area contributed by atoms with Gasteiger partial charge in [-0.2, -0.15) is 0 Å². The molecule has 192 valence electrons. The molecule has 1 aliphatic rings. The maximum Gasteiger partial charge on any atom is 0.257 e. The fourth-order valence-corrected chi connectivity index (χ4v) is 5.18. The van der Waals surface area contributed by atoms with E-state index in [0.29, 0.717) is 36.5 Å². The third-order valence-electron chi connectivity index (χ3n) is 7.25. The standard InChI is InChI=1S/C31H35N3O3/c1-21(2)26-18-24(22-8-4-3-5-9-22)19-37-31(26)23-12-14-25(15-13-23)36-20-30(35)32-17-16-29-33-27-10-6-7-11-28(27)34-29/h3-15,21,24,26,31H,16-20H2,1-2H3,(H,32,35)(H,33,34)/t24-,26-,31-/m0/s1. The van der Waals surface area contributed by atoms with Gasteiger partial charge in [0.1, 0.15) is 11.6 Å². The van der Waals surface area contributed by atoms with Crippen molar-refractivity contribution in [2.24, 2.45) is 11.8 Å². The molecule has 6 heteroatoms. The second kappa shape index (κ2) is 11.6. The lowest BCUT2D eigenvalue weighted by Gasteiger charge is -2.39. The minimum atomic E-state index is -0.150. The number of carbonyl (C=O) groups excluding carboxylic acids is 1.